The molecule has 1 heterocycles. The standard InChI is InChI=1S/C14H18FNO2/c1-2-13(16-7-9-18-10-8-16)14(17)11-3-5-12(15)6-4-11/h3-6,13H,2,7-10H2,1H3. The fourth-order valence-corrected chi connectivity index (χ4v) is 2.31. The minimum absolute atomic E-state index is 0.0689. The van der Waals surface area contributed by atoms with Crippen molar-refractivity contribution in [3.8, 4) is 0 Å². The van der Waals surface area contributed by atoms with Gasteiger partial charge in [-0.2, -0.15) is 0 Å². The molecule has 98 valence electrons. The quantitative estimate of drug-likeness (QED) is 0.768. The van der Waals surface area contributed by atoms with Crippen molar-refractivity contribution in [2.75, 3.05) is 26.3 Å². The van der Waals surface area contributed by atoms with Crippen molar-refractivity contribution in [3.63, 3.8) is 0 Å². The molecule has 1 aromatic carbocycles. The maximum Gasteiger partial charge on any atom is 0.179 e. The maximum absolute atomic E-state index is 12.8. The van der Waals surface area contributed by atoms with Gasteiger partial charge in [-0.3, -0.25) is 9.69 Å². The first kappa shape index (κ1) is 13.2. The summed E-state index contributed by atoms with van der Waals surface area (Å²) in [6, 6.07) is 5.65. The van der Waals surface area contributed by atoms with Gasteiger partial charge in [0.1, 0.15) is 5.82 Å². The second kappa shape index (κ2) is 6.07. The molecule has 1 aliphatic rings. The normalized spacial score (nSPS) is 18.6. The number of carbonyl (C=O) groups is 1. The molecule has 0 amide bonds. The molecule has 0 saturated carbocycles. The van der Waals surface area contributed by atoms with Crippen LogP contribution in [0.25, 0.3) is 0 Å². The molecular formula is C14H18FNO2. The van der Waals surface area contributed by atoms with E-state index in [0.29, 0.717) is 18.8 Å². The topological polar surface area (TPSA) is 29.5 Å². The number of halogens is 1. The largest absolute Gasteiger partial charge is 0.379 e. The van der Waals surface area contributed by atoms with E-state index in [1.54, 1.807) is 12.1 Å². The summed E-state index contributed by atoms with van der Waals surface area (Å²) in [5.41, 5.74) is 0.578. The maximum atomic E-state index is 12.8. The summed E-state index contributed by atoms with van der Waals surface area (Å²) in [6.07, 6.45) is 0.760. The molecule has 1 fully saturated rings. The van der Waals surface area contributed by atoms with Crippen molar-refractivity contribution in [1.82, 2.24) is 4.90 Å². The lowest BCUT2D eigenvalue weighted by atomic mass is 10.0. The molecule has 1 aromatic rings. The number of hydrogen-bond donors (Lipinski definition) is 0. The summed E-state index contributed by atoms with van der Waals surface area (Å²) in [5, 5.41) is 0. The van der Waals surface area contributed by atoms with Crippen LogP contribution in [0.15, 0.2) is 24.3 Å². The van der Waals surface area contributed by atoms with Crippen molar-refractivity contribution in [2.24, 2.45) is 0 Å². The number of benzene rings is 1. The Bertz CT molecular complexity index is 399. The molecule has 1 unspecified atom stereocenters. The molecule has 0 spiro atoms. The number of morpholine rings is 1. The fourth-order valence-electron chi connectivity index (χ4n) is 2.31. The van der Waals surface area contributed by atoms with Gasteiger partial charge in [-0.25, -0.2) is 4.39 Å². The van der Waals surface area contributed by atoms with E-state index in [9.17, 15) is 9.18 Å². The lowest BCUT2D eigenvalue weighted by molar-refractivity contribution is 0.0170. The first-order valence-electron chi connectivity index (χ1n) is 6.34. The summed E-state index contributed by atoms with van der Waals surface area (Å²) in [7, 11) is 0. The van der Waals surface area contributed by atoms with Gasteiger partial charge in [0.15, 0.2) is 5.78 Å². The Balaban J connectivity index is 2.11. The van der Waals surface area contributed by atoms with Gasteiger partial charge >= 0.3 is 0 Å². The Kier molecular flexibility index (Phi) is 4.44. The number of Topliss-reactive ketones (excluding diaryl/α,β-unsaturated/α-hetero) is 1. The molecule has 0 aliphatic carbocycles. The Morgan fingerprint density at radius 2 is 1.94 bits per heavy atom. The Labute approximate surface area is 107 Å². The molecule has 0 N–H and O–H groups in total. The van der Waals surface area contributed by atoms with Gasteiger partial charge in [-0.1, -0.05) is 6.92 Å². The van der Waals surface area contributed by atoms with Crippen LogP contribution >= 0.6 is 0 Å². The zero-order chi connectivity index (χ0) is 13.0. The van der Waals surface area contributed by atoms with Gasteiger partial charge in [0, 0.05) is 18.7 Å². The van der Waals surface area contributed by atoms with Crippen LogP contribution in [0.3, 0.4) is 0 Å². The van der Waals surface area contributed by atoms with Crippen LogP contribution in [-0.2, 0) is 4.74 Å². The monoisotopic (exact) mass is 251 g/mol. The molecule has 1 atom stereocenters. The molecule has 1 aliphatic heterocycles. The van der Waals surface area contributed by atoms with Gasteiger partial charge in [-0.05, 0) is 30.7 Å². The highest BCUT2D eigenvalue weighted by molar-refractivity contribution is 6.00. The van der Waals surface area contributed by atoms with E-state index in [1.165, 1.54) is 12.1 Å². The van der Waals surface area contributed by atoms with E-state index < -0.39 is 0 Å². The lowest BCUT2D eigenvalue weighted by Crippen LogP contribution is -2.47. The second-order valence-corrected chi connectivity index (χ2v) is 4.44. The average molecular weight is 251 g/mol. The van der Waals surface area contributed by atoms with Crippen LogP contribution in [0.4, 0.5) is 4.39 Å². The summed E-state index contributed by atoms with van der Waals surface area (Å²) >= 11 is 0. The highest BCUT2D eigenvalue weighted by atomic mass is 19.1. The minimum atomic E-state index is -0.314. The summed E-state index contributed by atoms with van der Waals surface area (Å²) < 4.78 is 18.1. The van der Waals surface area contributed by atoms with Crippen LogP contribution in [0.1, 0.15) is 23.7 Å². The van der Waals surface area contributed by atoms with Crippen molar-refractivity contribution < 1.29 is 13.9 Å². The summed E-state index contributed by atoms with van der Waals surface area (Å²) in [6.45, 7) is 4.92. The molecule has 4 heteroatoms. The molecule has 2 rings (SSSR count). The summed E-state index contributed by atoms with van der Waals surface area (Å²) in [5.74, 6) is -0.245. The zero-order valence-corrected chi connectivity index (χ0v) is 10.6. The highest BCUT2D eigenvalue weighted by Gasteiger charge is 2.26. The Morgan fingerprint density at radius 1 is 1.33 bits per heavy atom. The lowest BCUT2D eigenvalue weighted by Gasteiger charge is -2.33. The van der Waals surface area contributed by atoms with Gasteiger partial charge in [0.2, 0.25) is 0 Å². The van der Waals surface area contributed by atoms with Crippen LogP contribution < -0.4 is 0 Å². The van der Waals surface area contributed by atoms with Crippen molar-refractivity contribution >= 4 is 5.78 Å². The zero-order valence-electron chi connectivity index (χ0n) is 10.6. The van der Waals surface area contributed by atoms with Crippen molar-refractivity contribution in [1.29, 1.82) is 0 Å². The van der Waals surface area contributed by atoms with Crippen molar-refractivity contribution in [3.05, 3.63) is 35.6 Å². The number of carbonyl (C=O) groups excluding carboxylic acids is 1. The second-order valence-electron chi connectivity index (χ2n) is 4.44. The third-order valence-corrected chi connectivity index (χ3v) is 3.30. The van der Waals surface area contributed by atoms with Crippen molar-refractivity contribution in [2.45, 2.75) is 19.4 Å². The van der Waals surface area contributed by atoms with Crippen LogP contribution in [-0.4, -0.2) is 43.0 Å². The number of nitrogens with zero attached hydrogens (tertiary/aromatic N) is 1. The molecular weight excluding hydrogens is 233 g/mol. The van der Waals surface area contributed by atoms with E-state index in [1.807, 2.05) is 6.92 Å². The third-order valence-electron chi connectivity index (χ3n) is 3.30. The van der Waals surface area contributed by atoms with Gasteiger partial charge in [-0.15, -0.1) is 0 Å². The molecule has 3 nitrogen and oxygen atoms in total. The van der Waals surface area contributed by atoms with Gasteiger partial charge in [0.05, 0.1) is 19.3 Å². The van der Waals surface area contributed by atoms with E-state index in [4.69, 9.17) is 4.74 Å². The minimum Gasteiger partial charge on any atom is -0.379 e. The fraction of sp³-hybridized carbons (Fsp3) is 0.500. The number of hydrogen-bond acceptors (Lipinski definition) is 3. The van der Waals surface area contributed by atoms with Crippen LogP contribution in [0, 0.1) is 5.82 Å². The Hall–Kier alpha value is -1.26. The van der Waals surface area contributed by atoms with Gasteiger partial charge in [0.25, 0.3) is 0 Å². The number of rotatable bonds is 4. The molecule has 0 aromatic heterocycles. The number of ether oxygens (including phenoxy) is 1. The van der Waals surface area contributed by atoms with Crippen LogP contribution in [0.2, 0.25) is 0 Å². The first-order chi connectivity index (χ1) is 8.72. The predicted molar refractivity (Wildman–Crippen MR) is 67.2 cm³/mol. The van der Waals surface area contributed by atoms with Gasteiger partial charge < -0.3 is 4.74 Å². The SMILES string of the molecule is CCC(C(=O)c1ccc(F)cc1)N1CCOCC1. The average Bonchev–Trinajstić information content (AvgIpc) is 2.41. The number of ketones is 1. The highest BCUT2D eigenvalue weighted by Crippen LogP contribution is 2.14. The third kappa shape index (κ3) is 2.94. The van der Waals surface area contributed by atoms with E-state index in [2.05, 4.69) is 4.90 Å². The van der Waals surface area contributed by atoms with Crippen LogP contribution in [0.5, 0.6) is 0 Å². The molecule has 0 radical (unpaired) electrons. The summed E-state index contributed by atoms with van der Waals surface area (Å²) in [4.78, 5) is 14.5. The first-order valence-corrected chi connectivity index (χ1v) is 6.34. The van der Waals surface area contributed by atoms with E-state index >= 15 is 0 Å². The Morgan fingerprint density at radius 3 is 2.50 bits per heavy atom. The molecule has 1 saturated heterocycles. The molecule has 0 bridgehead atoms. The molecule has 18 heavy (non-hydrogen) atoms. The predicted octanol–water partition coefficient (Wildman–Crippen LogP) is 2.12. The smallest absolute Gasteiger partial charge is 0.179 e. The van der Waals surface area contributed by atoms with E-state index in [-0.39, 0.29) is 17.6 Å². The van der Waals surface area contributed by atoms with E-state index in [0.717, 1.165) is 19.5 Å².